The highest BCUT2D eigenvalue weighted by Gasteiger charge is 2.21. The number of unbranched alkanes of at least 4 members (excludes halogenated alkanes) is 7. The van der Waals surface area contributed by atoms with Crippen LogP contribution in [0.25, 0.3) is 0 Å². The lowest BCUT2D eigenvalue weighted by atomic mass is 9.83. The van der Waals surface area contributed by atoms with Gasteiger partial charge in [0.1, 0.15) is 22.9 Å². The quantitative estimate of drug-likeness (QED) is 0.194. The number of phenolic OH excluding ortho intramolecular Hbond substituents is 2. The van der Waals surface area contributed by atoms with Crippen molar-refractivity contribution in [1.29, 1.82) is 0 Å². The first-order valence-electron chi connectivity index (χ1n) is 16.2. The van der Waals surface area contributed by atoms with E-state index in [1.54, 1.807) is 0 Å². The van der Waals surface area contributed by atoms with Crippen molar-refractivity contribution in [2.45, 2.75) is 141 Å². The van der Waals surface area contributed by atoms with Crippen molar-refractivity contribution in [3.8, 4) is 11.5 Å². The number of aromatic hydroxyl groups is 2. The van der Waals surface area contributed by atoms with Crippen molar-refractivity contribution >= 4 is 23.8 Å². The minimum absolute atomic E-state index is 0.402. The number of aliphatic imine (C=N–C) groups is 2. The van der Waals surface area contributed by atoms with E-state index in [2.05, 4.69) is 36.0 Å². The van der Waals surface area contributed by atoms with Gasteiger partial charge in [0.05, 0.1) is 0 Å². The Balaban J connectivity index is 1.11. The molecular formula is C36H52N2O2. The number of rotatable bonds is 13. The fraction of sp³-hybridized carbons (Fsp3) is 0.611. The number of hydrogen-bond acceptors (Lipinski definition) is 4. The average molecular weight is 545 g/mol. The maximum Gasteiger partial charge on any atom is 0.144 e. The molecule has 2 aromatic carbocycles. The van der Waals surface area contributed by atoms with Crippen LogP contribution in [-0.2, 0) is 0 Å². The topological polar surface area (TPSA) is 65.2 Å². The molecule has 0 aromatic heterocycles. The van der Waals surface area contributed by atoms with E-state index in [4.69, 9.17) is 0 Å². The molecule has 0 unspecified atom stereocenters. The van der Waals surface area contributed by atoms with Gasteiger partial charge in [-0.2, -0.15) is 0 Å². The Morgan fingerprint density at radius 3 is 1.35 bits per heavy atom. The van der Waals surface area contributed by atoms with Crippen molar-refractivity contribution in [3.05, 3.63) is 46.5 Å². The van der Waals surface area contributed by atoms with E-state index >= 15 is 0 Å². The van der Waals surface area contributed by atoms with Crippen molar-refractivity contribution in [2.24, 2.45) is 9.98 Å². The van der Waals surface area contributed by atoms with Crippen LogP contribution in [0, 0.1) is 13.8 Å². The van der Waals surface area contributed by atoms with Gasteiger partial charge in [0.25, 0.3) is 0 Å². The first-order valence-corrected chi connectivity index (χ1v) is 16.2. The number of nitrogens with zero attached hydrogens (tertiary/aromatic N) is 2. The van der Waals surface area contributed by atoms with Gasteiger partial charge in [-0.1, -0.05) is 76.3 Å². The van der Waals surface area contributed by atoms with E-state index in [0.29, 0.717) is 23.3 Å². The Morgan fingerprint density at radius 2 is 0.950 bits per heavy atom. The van der Waals surface area contributed by atoms with E-state index in [1.165, 1.54) is 101 Å². The van der Waals surface area contributed by atoms with Crippen LogP contribution < -0.4 is 0 Å². The van der Waals surface area contributed by atoms with Gasteiger partial charge in [-0.25, -0.2) is 0 Å². The lowest BCUT2D eigenvalue weighted by molar-refractivity contribution is 0.415. The zero-order chi connectivity index (χ0) is 28.2. The number of aryl methyl sites for hydroxylation is 2. The highest BCUT2D eigenvalue weighted by molar-refractivity contribution is 5.69. The molecule has 218 valence electrons. The fourth-order valence-electron chi connectivity index (χ4n) is 6.72. The molecule has 2 aliphatic rings. The van der Waals surface area contributed by atoms with Gasteiger partial charge in [0.15, 0.2) is 0 Å². The van der Waals surface area contributed by atoms with Gasteiger partial charge in [0, 0.05) is 12.4 Å². The molecular weight excluding hydrogens is 492 g/mol. The minimum atomic E-state index is 0.402. The molecule has 2 aromatic rings. The summed E-state index contributed by atoms with van der Waals surface area (Å²) in [6, 6.07) is 8.35. The van der Waals surface area contributed by atoms with Gasteiger partial charge < -0.3 is 10.2 Å². The van der Waals surface area contributed by atoms with Crippen LogP contribution in [0.2, 0.25) is 0 Å². The summed E-state index contributed by atoms with van der Waals surface area (Å²) in [5.74, 6) is 1.78. The summed E-state index contributed by atoms with van der Waals surface area (Å²) in [4.78, 5) is 9.30. The maximum absolute atomic E-state index is 10.8. The maximum atomic E-state index is 10.8. The van der Waals surface area contributed by atoms with Crippen molar-refractivity contribution < 1.29 is 10.2 Å². The molecule has 4 rings (SSSR count). The second kappa shape index (κ2) is 16.0. The standard InChI is InChI=1S/C36H52N2O2/c1-27-23-31(29-17-11-9-12-18-29)35(39)33(25-27)37-21-15-7-5-3-4-6-8-16-22-38-34-26-28(2)24-32(36(34)40)30-19-13-10-14-20-30/h21-26,29-30,39-40H,3-20H2,1-2H3/b37-21+,38-22+. The van der Waals surface area contributed by atoms with Crippen molar-refractivity contribution in [3.63, 3.8) is 0 Å². The molecule has 2 fully saturated rings. The Hall–Kier alpha value is -2.62. The summed E-state index contributed by atoms with van der Waals surface area (Å²) in [5, 5.41) is 21.7. The van der Waals surface area contributed by atoms with Gasteiger partial charge in [-0.05, 0) is 111 Å². The van der Waals surface area contributed by atoms with E-state index in [1.807, 2.05) is 24.6 Å². The van der Waals surface area contributed by atoms with Crippen LogP contribution in [0.4, 0.5) is 11.4 Å². The molecule has 0 saturated heterocycles. The number of benzene rings is 2. The molecule has 2 aliphatic carbocycles. The molecule has 4 heteroatoms. The third-order valence-corrected chi connectivity index (χ3v) is 8.99. The van der Waals surface area contributed by atoms with Crippen LogP contribution in [0.3, 0.4) is 0 Å². The Morgan fingerprint density at radius 1 is 0.575 bits per heavy atom. The molecule has 0 aliphatic heterocycles. The third kappa shape index (κ3) is 8.94. The monoisotopic (exact) mass is 544 g/mol. The fourth-order valence-corrected chi connectivity index (χ4v) is 6.72. The van der Waals surface area contributed by atoms with E-state index in [9.17, 15) is 10.2 Å². The van der Waals surface area contributed by atoms with Gasteiger partial charge in [0.2, 0.25) is 0 Å². The molecule has 4 nitrogen and oxygen atoms in total. The van der Waals surface area contributed by atoms with Crippen LogP contribution in [0.15, 0.2) is 34.3 Å². The van der Waals surface area contributed by atoms with E-state index in [-0.39, 0.29) is 0 Å². The smallest absolute Gasteiger partial charge is 0.144 e. The summed E-state index contributed by atoms with van der Waals surface area (Å²) in [5.41, 5.74) is 6.08. The van der Waals surface area contributed by atoms with Crippen molar-refractivity contribution in [1.82, 2.24) is 0 Å². The second-order valence-corrected chi connectivity index (χ2v) is 12.4. The van der Waals surface area contributed by atoms with Crippen molar-refractivity contribution in [2.75, 3.05) is 0 Å². The molecule has 0 bridgehead atoms. The molecule has 0 amide bonds. The molecule has 0 heterocycles. The normalized spacial score (nSPS) is 17.4. The average Bonchev–Trinajstić information content (AvgIpc) is 2.97. The Kier molecular flexibility index (Phi) is 12.1. The van der Waals surface area contributed by atoms with Crippen LogP contribution in [0.5, 0.6) is 11.5 Å². The van der Waals surface area contributed by atoms with Crippen LogP contribution in [-0.4, -0.2) is 22.6 Å². The SMILES string of the molecule is Cc1cc(/N=C/CCCCCCCC/C=N/c2cc(C)cc(C3CCCCC3)c2O)c(O)c(C2CCCCC2)c1. The predicted octanol–water partition coefficient (Wildman–Crippen LogP) is 11.0. The second-order valence-electron chi connectivity index (χ2n) is 12.4. The van der Waals surface area contributed by atoms with E-state index < -0.39 is 0 Å². The predicted molar refractivity (Wildman–Crippen MR) is 171 cm³/mol. The summed E-state index contributed by atoms with van der Waals surface area (Å²) in [6.45, 7) is 4.22. The summed E-state index contributed by atoms with van der Waals surface area (Å²) in [7, 11) is 0. The number of phenols is 2. The molecule has 0 atom stereocenters. The molecule has 0 radical (unpaired) electrons. The molecule has 2 saturated carbocycles. The zero-order valence-electron chi connectivity index (χ0n) is 25.1. The van der Waals surface area contributed by atoms with Crippen LogP contribution >= 0.6 is 0 Å². The highest BCUT2D eigenvalue weighted by atomic mass is 16.3. The molecule has 0 spiro atoms. The summed E-state index contributed by atoms with van der Waals surface area (Å²) in [6.07, 6.45) is 25.6. The minimum Gasteiger partial charge on any atom is -0.505 e. The van der Waals surface area contributed by atoms with Gasteiger partial charge in [-0.15, -0.1) is 0 Å². The molecule has 2 N–H and O–H groups in total. The lowest BCUT2D eigenvalue weighted by Crippen LogP contribution is -2.05. The zero-order valence-corrected chi connectivity index (χ0v) is 25.1. The van der Waals surface area contributed by atoms with Gasteiger partial charge in [-0.3, -0.25) is 9.98 Å². The first kappa shape index (κ1) is 30.3. The Labute approximate surface area is 243 Å². The van der Waals surface area contributed by atoms with Gasteiger partial charge >= 0.3 is 0 Å². The highest BCUT2D eigenvalue weighted by Crippen LogP contribution is 2.43. The largest absolute Gasteiger partial charge is 0.505 e. The summed E-state index contributed by atoms with van der Waals surface area (Å²) >= 11 is 0. The molecule has 40 heavy (non-hydrogen) atoms. The lowest BCUT2D eigenvalue weighted by Gasteiger charge is -2.23. The van der Waals surface area contributed by atoms with E-state index in [0.717, 1.165) is 48.2 Å². The Bertz CT molecular complexity index is 1030. The van der Waals surface area contributed by atoms with Crippen LogP contribution in [0.1, 0.15) is 150 Å². The number of hydrogen-bond donors (Lipinski definition) is 2. The summed E-state index contributed by atoms with van der Waals surface area (Å²) < 4.78 is 0. The first-order chi connectivity index (χ1) is 19.5. The third-order valence-electron chi connectivity index (χ3n) is 8.99.